The normalized spacial score (nSPS) is 25.3. The first-order valence-corrected chi connectivity index (χ1v) is 9.11. The number of carbonyl (C=O) groups excluding carboxylic acids is 1. The molecule has 0 bridgehead atoms. The Bertz CT molecular complexity index is 551. The molecule has 3 heterocycles. The predicted molar refractivity (Wildman–Crippen MR) is 91.4 cm³/mol. The lowest BCUT2D eigenvalue weighted by Gasteiger charge is -2.38. The van der Waals surface area contributed by atoms with Crippen molar-refractivity contribution in [3.05, 3.63) is 17.5 Å². The summed E-state index contributed by atoms with van der Waals surface area (Å²) in [7, 11) is 1.90. The molecule has 0 unspecified atom stereocenters. The summed E-state index contributed by atoms with van der Waals surface area (Å²) in [5, 5.41) is 8.04. The van der Waals surface area contributed by atoms with Gasteiger partial charge in [0.15, 0.2) is 0 Å². The molecule has 3 rings (SSSR count). The molecule has 2 saturated heterocycles. The number of rotatable bonds is 3. The van der Waals surface area contributed by atoms with Crippen molar-refractivity contribution in [2.45, 2.75) is 52.0 Å². The van der Waals surface area contributed by atoms with E-state index in [0.717, 1.165) is 50.3 Å². The number of aryl methyl sites for hydroxylation is 1. The van der Waals surface area contributed by atoms with Crippen LogP contribution in [0.3, 0.4) is 0 Å². The van der Waals surface area contributed by atoms with Crippen molar-refractivity contribution in [3.63, 3.8) is 0 Å². The first-order chi connectivity index (χ1) is 11.1. The molecule has 2 aliphatic heterocycles. The van der Waals surface area contributed by atoms with E-state index in [1.165, 1.54) is 12.8 Å². The van der Waals surface area contributed by atoms with Crippen LogP contribution in [0.25, 0.3) is 0 Å². The Balaban J connectivity index is 1.81. The number of aromatic nitrogens is 2. The van der Waals surface area contributed by atoms with Gasteiger partial charge in [0, 0.05) is 19.6 Å². The second-order valence-corrected chi connectivity index (χ2v) is 7.56. The van der Waals surface area contributed by atoms with Crippen LogP contribution in [0.2, 0.25) is 0 Å². The van der Waals surface area contributed by atoms with E-state index in [9.17, 15) is 4.79 Å². The van der Waals surface area contributed by atoms with Crippen molar-refractivity contribution < 1.29 is 4.79 Å². The van der Waals surface area contributed by atoms with E-state index in [2.05, 4.69) is 29.2 Å². The fourth-order valence-electron chi connectivity index (χ4n) is 4.11. The Labute approximate surface area is 139 Å². The Morgan fingerprint density at radius 1 is 1.39 bits per heavy atom. The molecule has 0 aliphatic carbocycles. The topological polar surface area (TPSA) is 50.2 Å². The number of likely N-dealkylation sites (tertiary alicyclic amines) is 1. The zero-order valence-electron chi connectivity index (χ0n) is 14.7. The summed E-state index contributed by atoms with van der Waals surface area (Å²) in [6, 6.07) is 2.40. The molecule has 2 fully saturated rings. The van der Waals surface area contributed by atoms with Gasteiger partial charge in [-0.05, 0) is 56.7 Å². The fourth-order valence-corrected chi connectivity index (χ4v) is 4.11. The largest absolute Gasteiger partial charge is 0.334 e. The number of nitrogens with one attached hydrogen (secondary N) is 1. The highest BCUT2D eigenvalue weighted by atomic mass is 16.2. The summed E-state index contributed by atoms with van der Waals surface area (Å²) in [6.07, 6.45) is 5.60. The number of fused-ring (bicyclic) bond motifs is 1. The highest BCUT2D eigenvalue weighted by molar-refractivity contribution is 5.93. The Hall–Kier alpha value is -1.36. The van der Waals surface area contributed by atoms with Crippen LogP contribution in [0.1, 0.15) is 55.7 Å². The van der Waals surface area contributed by atoms with Crippen LogP contribution >= 0.6 is 0 Å². The van der Waals surface area contributed by atoms with E-state index in [0.29, 0.717) is 17.9 Å². The zero-order chi connectivity index (χ0) is 16.4. The molecule has 1 N–H and O–H groups in total. The fraction of sp³-hybridized carbons (Fsp3) is 0.778. The lowest BCUT2D eigenvalue weighted by molar-refractivity contribution is 0.0575. The summed E-state index contributed by atoms with van der Waals surface area (Å²) < 4.78 is 1.78. The van der Waals surface area contributed by atoms with Crippen molar-refractivity contribution in [2.24, 2.45) is 18.9 Å². The molecule has 5 heteroatoms. The third kappa shape index (κ3) is 3.60. The number of amides is 1. The molecule has 0 radical (unpaired) electrons. The highest BCUT2D eigenvalue weighted by Gasteiger charge is 2.35. The van der Waals surface area contributed by atoms with Crippen LogP contribution in [0.5, 0.6) is 0 Å². The minimum Gasteiger partial charge on any atom is -0.334 e. The van der Waals surface area contributed by atoms with Gasteiger partial charge in [0.25, 0.3) is 5.91 Å². The maximum absolute atomic E-state index is 13.2. The third-order valence-electron chi connectivity index (χ3n) is 5.22. The van der Waals surface area contributed by atoms with Crippen molar-refractivity contribution in [2.75, 3.05) is 19.6 Å². The van der Waals surface area contributed by atoms with Crippen LogP contribution in [0.15, 0.2) is 6.07 Å². The summed E-state index contributed by atoms with van der Waals surface area (Å²) in [4.78, 5) is 15.3. The van der Waals surface area contributed by atoms with E-state index in [-0.39, 0.29) is 5.91 Å². The molecule has 0 saturated carbocycles. The average Bonchev–Trinajstić information content (AvgIpc) is 2.75. The van der Waals surface area contributed by atoms with E-state index in [1.54, 1.807) is 4.68 Å². The lowest BCUT2D eigenvalue weighted by Crippen LogP contribution is -2.51. The standard InChI is InChI=1S/C18H30N4O/c1-13(2)10-15-11-17(21(3)20-15)18(23)22-9-5-4-6-14-12-19-8-7-16(14)22/h11,13-14,16,19H,4-10,12H2,1-3H3/t14-,16+/m0/s1. The van der Waals surface area contributed by atoms with Gasteiger partial charge in [-0.2, -0.15) is 5.10 Å². The van der Waals surface area contributed by atoms with E-state index < -0.39 is 0 Å². The second-order valence-electron chi connectivity index (χ2n) is 7.56. The van der Waals surface area contributed by atoms with Gasteiger partial charge in [0.05, 0.1) is 5.69 Å². The maximum Gasteiger partial charge on any atom is 0.272 e. The highest BCUT2D eigenvalue weighted by Crippen LogP contribution is 2.28. The van der Waals surface area contributed by atoms with Crippen LogP contribution in [0, 0.1) is 11.8 Å². The monoisotopic (exact) mass is 318 g/mol. The molecule has 1 aromatic rings. The van der Waals surface area contributed by atoms with E-state index in [1.807, 2.05) is 13.1 Å². The van der Waals surface area contributed by atoms with Crippen molar-refractivity contribution >= 4 is 5.91 Å². The van der Waals surface area contributed by atoms with Gasteiger partial charge in [-0.15, -0.1) is 0 Å². The molecule has 1 aromatic heterocycles. The molecule has 2 aliphatic rings. The van der Waals surface area contributed by atoms with Crippen LogP contribution in [0.4, 0.5) is 0 Å². The van der Waals surface area contributed by atoms with Gasteiger partial charge in [0.1, 0.15) is 5.69 Å². The van der Waals surface area contributed by atoms with E-state index >= 15 is 0 Å². The quantitative estimate of drug-likeness (QED) is 0.930. The third-order valence-corrected chi connectivity index (χ3v) is 5.22. The minimum atomic E-state index is 0.175. The molecule has 1 amide bonds. The van der Waals surface area contributed by atoms with Crippen molar-refractivity contribution in [1.29, 1.82) is 0 Å². The molecular formula is C18H30N4O. The van der Waals surface area contributed by atoms with Gasteiger partial charge in [-0.25, -0.2) is 0 Å². The second kappa shape index (κ2) is 7.04. The Morgan fingerprint density at radius 3 is 3.00 bits per heavy atom. The first-order valence-electron chi connectivity index (χ1n) is 9.11. The van der Waals surface area contributed by atoms with Crippen LogP contribution in [-0.4, -0.2) is 46.3 Å². The molecular weight excluding hydrogens is 288 g/mol. The molecule has 128 valence electrons. The first kappa shape index (κ1) is 16.5. The summed E-state index contributed by atoms with van der Waals surface area (Å²) in [6.45, 7) is 7.34. The Morgan fingerprint density at radius 2 is 2.22 bits per heavy atom. The number of piperidine rings is 1. The average molecular weight is 318 g/mol. The smallest absolute Gasteiger partial charge is 0.272 e. The van der Waals surface area contributed by atoms with Crippen LogP contribution in [-0.2, 0) is 13.5 Å². The van der Waals surface area contributed by atoms with E-state index in [4.69, 9.17) is 0 Å². The van der Waals surface area contributed by atoms with Gasteiger partial charge >= 0.3 is 0 Å². The summed E-state index contributed by atoms with van der Waals surface area (Å²) in [5.74, 6) is 1.34. The predicted octanol–water partition coefficient (Wildman–Crippen LogP) is 2.22. The van der Waals surface area contributed by atoms with Gasteiger partial charge in [-0.1, -0.05) is 20.3 Å². The molecule has 2 atom stereocenters. The number of hydrogen-bond acceptors (Lipinski definition) is 3. The molecule has 0 aromatic carbocycles. The zero-order valence-corrected chi connectivity index (χ0v) is 14.7. The van der Waals surface area contributed by atoms with Crippen molar-refractivity contribution in [3.8, 4) is 0 Å². The SMILES string of the molecule is CC(C)Cc1cc(C(=O)N2CCCC[C@H]3CNCC[C@H]32)n(C)n1. The number of hydrogen-bond donors (Lipinski definition) is 1. The molecule has 5 nitrogen and oxygen atoms in total. The molecule has 0 spiro atoms. The minimum absolute atomic E-state index is 0.175. The van der Waals surface area contributed by atoms with Gasteiger partial charge in [0.2, 0.25) is 0 Å². The Kier molecular flexibility index (Phi) is 5.05. The van der Waals surface area contributed by atoms with Gasteiger partial charge in [-0.3, -0.25) is 9.48 Å². The van der Waals surface area contributed by atoms with Crippen LogP contribution < -0.4 is 5.32 Å². The summed E-state index contributed by atoms with van der Waals surface area (Å²) >= 11 is 0. The number of carbonyl (C=O) groups is 1. The lowest BCUT2D eigenvalue weighted by atomic mass is 9.89. The summed E-state index contributed by atoms with van der Waals surface area (Å²) in [5.41, 5.74) is 1.78. The molecule has 23 heavy (non-hydrogen) atoms. The maximum atomic E-state index is 13.2. The van der Waals surface area contributed by atoms with Crippen molar-refractivity contribution in [1.82, 2.24) is 20.0 Å². The van der Waals surface area contributed by atoms with Gasteiger partial charge < -0.3 is 10.2 Å². The number of nitrogens with zero attached hydrogens (tertiary/aromatic N) is 3.